The number of aromatic nitrogens is 1. The number of hydrogen-bond acceptors (Lipinski definition) is 5. The van der Waals surface area contributed by atoms with E-state index < -0.39 is 4.92 Å². The molecule has 29 heavy (non-hydrogen) atoms. The van der Waals surface area contributed by atoms with Crippen LogP contribution >= 0.6 is 0 Å². The molecule has 0 radical (unpaired) electrons. The predicted octanol–water partition coefficient (Wildman–Crippen LogP) is 4.31. The molecule has 0 amide bonds. The van der Waals surface area contributed by atoms with Crippen LogP contribution in [0.25, 0.3) is 0 Å². The van der Waals surface area contributed by atoms with E-state index in [1.165, 1.54) is 17.3 Å². The average molecular weight is 389 g/mol. The highest BCUT2D eigenvalue weighted by Crippen LogP contribution is 2.29. The maximum absolute atomic E-state index is 11.1. The highest BCUT2D eigenvalue weighted by atomic mass is 16.6. The first-order valence-corrected chi connectivity index (χ1v) is 9.70. The molecule has 0 aliphatic carbocycles. The number of pyridine rings is 1. The Morgan fingerprint density at radius 2 is 1.66 bits per heavy atom. The summed E-state index contributed by atoms with van der Waals surface area (Å²) >= 11 is 0. The minimum Gasteiger partial charge on any atom is -0.376 e. The minimum absolute atomic E-state index is 0.0124. The first-order chi connectivity index (χ1) is 14.2. The third kappa shape index (κ3) is 4.85. The zero-order valence-corrected chi connectivity index (χ0v) is 16.1. The maximum Gasteiger partial charge on any atom is 0.287 e. The molecule has 0 saturated carbocycles. The Morgan fingerprint density at radius 3 is 2.24 bits per heavy atom. The Balaban J connectivity index is 1.56. The summed E-state index contributed by atoms with van der Waals surface area (Å²) < 4.78 is 5.76. The second kappa shape index (κ2) is 8.94. The molecule has 0 spiro atoms. The molecule has 1 atom stereocenters. The van der Waals surface area contributed by atoms with Gasteiger partial charge in [0, 0.05) is 37.2 Å². The van der Waals surface area contributed by atoms with Gasteiger partial charge in [-0.2, -0.15) is 0 Å². The fraction of sp³-hybridized carbons (Fsp3) is 0.261. The van der Waals surface area contributed by atoms with Gasteiger partial charge in [-0.15, -0.1) is 0 Å². The van der Waals surface area contributed by atoms with E-state index in [0.29, 0.717) is 13.2 Å². The first-order valence-electron chi connectivity index (χ1n) is 9.70. The summed E-state index contributed by atoms with van der Waals surface area (Å²) in [6, 6.07) is 22.4. The van der Waals surface area contributed by atoms with Crippen molar-refractivity contribution < 1.29 is 9.66 Å². The summed E-state index contributed by atoms with van der Waals surface area (Å²) in [6.45, 7) is 3.33. The maximum atomic E-state index is 11.1. The summed E-state index contributed by atoms with van der Waals surface area (Å²) in [5.74, 6) is 0.0759. The Kier molecular flexibility index (Phi) is 5.93. The van der Waals surface area contributed by atoms with Crippen LogP contribution in [0.4, 0.5) is 5.69 Å². The van der Waals surface area contributed by atoms with Gasteiger partial charge in [0.15, 0.2) is 0 Å². The number of nitrogens with zero attached hydrogens (tertiary/aromatic N) is 3. The van der Waals surface area contributed by atoms with Crippen LogP contribution in [0.3, 0.4) is 0 Å². The molecular weight excluding hydrogens is 366 g/mol. The van der Waals surface area contributed by atoms with Crippen molar-refractivity contribution in [2.24, 2.45) is 0 Å². The topological polar surface area (TPSA) is 68.5 Å². The Hall–Kier alpha value is -3.09. The summed E-state index contributed by atoms with van der Waals surface area (Å²) in [5.41, 5.74) is 4.23. The van der Waals surface area contributed by atoms with Crippen molar-refractivity contribution >= 4 is 5.69 Å². The minimum atomic E-state index is -0.409. The molecule has 1 aliphatic rings. The molecule has 1 aliphatic heterocycles. The largest absolute Gasteiger partial charge is 0.376 e. The van der Waals surface area contributed by atoms with E-state index in [0.717, 1.165) is 30.9 Å². The average Bonchev–Trinajstić information content (AvgIpc) is 2.75. The molecule has 3 aromatic rings. The van der Waals surface area contributed by atoms with Gasteiger partial charge in [0.25, 0.3) is 5.69 Å². The monoisotopic (exact) mass is 389 g/mol. The van der Waals surface area contributed by atoms with Gasteiger partial charge in [-0.1, -0.05) is 60.7 Å². The quantitative estimate of drug-likeness (QED) is 0.445. The van der Waals surface area contributed by atoms with Crippen LogP contribution < -0.4 is 0 Å². The van der Waals surface area contributed by atoms with Gasteiger partial charge in [0.1, 0.15) is 6.20 Å². The third-order valence-electron chi connectivity index (χ3n) is 5.14. The SMILES string of the molecule is O=[N+]([O-])c1cnc2c(c1)COCC2CN(Cc1ccccc1)Cc1ccccc1. The fourth-order valence-electron chi connectivity index (χ4n) is 3.80. The molecule has 2 aromatic carbocycles. The third-order valence-corrected chi connectivity index (χ3v) is 5.14. The second-order valence-electron chi connectivity index (χ2n) is 7.35. The highest BCUT2D eigenvalue weighted by molar-refractivity contribution is 5.36. The van der Waals surface area contributed by atoms with E-state index in [4.69, 9.17) is 4.74 Å². The van der Waals surface area contributed by atoms with E-state index in [1.54, 1.807) is 6.07 Å². The number of rotatable bonds is 7. The number of nitro groups is 1. The Morgan fingerprint density at radius 1 is 1.03 bits per heavy atom. The van der Waals surface area contributed by atoms with Gasteiger partial charge < -0.3 is 4.74 Å². The number of benzene rings is 2. The van der Waals surface area contributed by atoms with Crippen molar-refractivity contribution in [2.75, 3.05) is 13.2 Å². The second-order valence-corrected chi connectivity index (χ2v) is 7.35. The van der Waals surface area contributed by atoms with E-state index in [-0.39, 0.29) is 11.6 Å². The molecule has 0 N–H and O–H groups in total. The molecule has 1 aromatic heterocycles. The lowest BCUT2D eigenvalue weighted by atomic mass is 9.97. The fourth-order valence-corrected chi connectivity index (χ4v) is 3.80. The lowest BCUT2D eigenvalue weighted by Gasteiger charge is -2.30. The number of hydrogen-bond donors (Lipinski definition) is 0. The van der Waals surface area contributed by atoms with Crippen molar-refractivity contribution in [3.05, 3.63) is 105 Å². The van der Waals surface area contributed by atoms with Crippen molar-refractivity contribution in [3.8, 4) is 0 Å². The van der Waals surface area contributed by atoms with E-state index >= 15 is 0 Å². The molecule has 0 fully saturated rings. The van der Waals surface area contributed by atoms with Crippen LogP contribution in [-0.2, 0) is 24.4 Å². The molecule has 4 rings (SSSR count). The lowest BCUT2D eigenvalue weighted by Crippen LogP contribution is -2.32. The predicted molar refractivity (Wildman–Crippen MR) is 110 cm³/mol. The van der Waals surface area contributed by atoms with Crippen molar-refractivity contribution in [1.29, 1.82) is 0 Å². The highest BCUT2D eigenvalue weighted by Gasteiger charge is 2.26. The Labute approximate surface area is 169 Å². The molecule has 0 bridgehead atoms. The van der Waals surface area contributed by atoms with Crippen LogP contribution in [-0.4, -0.2) is 28.0 Å². The van der Waals surface area contributed by atoms with Crippen LogP contribution in [0.15, 0.2) is 72.9 Å². The number of ether oxygens (including phenoxy) is 1. The van der Waals surface area contributed by atoms with Crippen LogP contribution in [0.1, 0.15) is 28.3 Å². The van der Waals surface area contributed by atoms with Gasteiger partial charge in [0.05, 0.1) is 23.8 Å². The van der Waals surface area contributed by atoms with Gasteiger partial charge in [-0.05, 0) is 11.1 Å². The molecule has 1 unspecified atom stereocenters. The Bertz CT molecular complexity index is 922. The van der Waals surface area contributed by atoms with E-state index in [9.17, 15) is 10.1 Å². The number of fused-ring (bicyclic) bond motifs is 1. The lowest BCUT2D eigenvalue weighted by molar-refractivity contribution is -0.385. The smallest absolute Gasteiger partial charge is 0.287 e. The van der Waals surface area contributed by atoms with Crippen molar-refractivity contribution in [2.45, 2.75) is 25.6 Å². The van der Waals surface area contributed by atoms with Gasteiger partial charge in [0.2, 0.25) is 0 Å². The van der Waals surface area contributed by atoms with Crippen LogP contribution in [0.2, 0.25) is 0 Å². The zero-order valence-electron chi connectivity index (χ0n) is 16.1. The summed E-state index contributed by atoms with van der Waals surface area (Å²) in [7, 11) is 0. The van der Waals surface area contributed by atoms with Crippen LogP contribution in [0.5, 0.6) is 0 Å². The van der Waals surface area contributed by atoms with Crippen LogP contribution in [0, 0.1) is 10.1 Å². The zero-order chi connectivity index (χ0) is 20.1. The molecular formula is C23H23N3O3. The van der Waals surface area contributed by atoms with E-state index in [2.05, 4.69) is 58.4 Å². The molecule has 6 nitrogen and oxygen atoms in total. The first kappa shape index (κ1) is 19.2. The standard InChI is InChI=1S/C23H23N3O3/c27-26(28)22-11-20-16-29-17-21(23(20)24-12-22)15-25(13-18-7-3-1-4-8-18)14-19-9-5-2-6-10-19/h1-12,21H,13-17H2. The summed E-state index contributed by atoms with van der Waals surface area (Å²) in [4.78, 5) is 17.5. The normalized spacial score (nSPS) is 15.8. The molecule has 2 heterocycles. The molecule has 0 saturated heterocycles. The molecule has 6 heteroatoms. The summed E-state index contributed by atoms with van der Waals surface area (Å²) in [6.07, 6.45) is 1.36. The summed E-state index contributed by atoms with van der Waals surface area (Å²) in [5, 5.41) is 11.1. The molecule has 148 valence electrons. The van der Waals surface area contributed by atoms with Gasteiger partial charge in [-0.3, -0.25) is 20.0 Å². The van der Waals surface area contributed by atoms with Crippen molar-refractivity contribution in [3.63, 3.8) is 0 Å². The van der Waals surface area contributed by atoms with E-state index in [1.807, 2.05) is 12.1 Å². The van der Waals surface area contributed by atoms with Gasteiger partial charge in [-0.25, -0.2) is 0 Å². The van der Waals surface area contributed by atoms with Gasteiger partial charge >= 0.3 is 0 Å². The van der Waals surface area contributed by atoms with Crippen molar-refractivity contribution in [1.82, 2.24) is 9.88 Å².